The lowest BCUT2D eigenvalue weighted by Gasteiger charge is -2.01. The number of hydrogen-bond acceptors (Lipinski definition) is 4. The van der Waals surface area contributed by atoms with Gasteiger partial charge in [0.25, 0.3) is 0 Å². The fraction of sp³-hybridized carbons (Fsp3) is 0.200. The number of nitrogens with two attached hydrogens (primary N) is 1. The highest BCUT2D eigenvalue weighted by atomic mass is 16.6. The maximum atomic E-state index is 10.2. The van der Waals surface area contributed by atoms with Crippen molar-refractivity contribution in [2.45, 2.75) is 6.92 Å². The molecule has 0 heterocycles. The Balaban J connectivity index is 2.63. The number of carboxylic acids is 1. The molecule has 15 heavy (non-hydrogen) atoms. The van der Waals surface area contributed by atoms with Crippen LogP contribution in [-0.2, 0) is 9.63 Å². The molecule has 3 N–H and O–H groups in total. The predicted octanol–water partition coefficient (Wildman–Crippen LogP) is 1.09. The largest absolute Gasteiger partial charge is 0.479 e. The van der Waals surface area contributed by atoms with Gasteiger partial charge >= 0.3 is 5.97 Å². The summed E-state index contributed by atoms with van der Waals surface area (Å²) in [7, 11) is 0. The van der Waals surface area contributed by atoms with Crippen LogP contribution in [0.2, 0.25) is 0 Å². The zero-order valence-electron chi connectivity index (χ0n) is 8.30. The lowest BCUT2D eigenvalue weighted by Crippen LogP contribution is -2.05. The Morgan fingerprint density at radius 3 is 2.60 bits per heavy atom. The molecule has 0 spiro atoms. The zero-order chi connectivity index (χ0) is 11.3. The van der Waals surface area contributed by atoms with Crippen LogP contribution in [0.4, 0.5) is 5.69 Å². The average Bonchev–Trinajstić information content (AvgIpc) is 2.18. The number of benzene rings is 1. The van der Waals surface area contributed by atoms with E-state index in [9.17, 15) is 4.79 Å². The van der Waals surface area contributed by atoms with E-state index in [2.05, 4.69) is 9.99 Å². The second-order valence-corrected chi connectivity index (χ2v) is 2.97. The number of nitrogen functional groups attached to an aromatic ring is 1. The molecule has 0 atom stereocenters. The van der Waals surface area contributed by atoms with Crippen molar-refractivity contribution < 1.29 is 14.7 Å². The summed E-state index contributed by atoms with van der Waals surface area (Å²) in [6.45, 7) is 1.29. The van der Waals surface area contributed by atoms with Gasteiger partial charge in [0, 0.05) is 5.69 Å². The normalized spacial score (nSPS) is 11.1. The van der Waals surface area contributed by atoms with Gasteiger partial charge in [-0.1, -0.05) is 17.3 Å². The highest BCUT2D eigenvalue weighted by molar-refractivity contribution is 5.98. The summed E-state index contributed by atoms with van der Waals surface area (Å²) >= 11 is 0. The molecular weight excluding hydrogens is 196 g/mol. The van der Waals surface area contributed by atoms with Crippen LogP contribution in [0.1, 0.15) is 12.5 Å². The topological polar surface area (TPSA) is 84.9 Å². The molecular formula is C10H12N2O3. The monoisotopic (exact) mass is 208 g/mol. The zero-order valence-corrected chi connectivity index (χ0v) is 8.30. The minimum absolute atomic E-state index is 0.438. The van der Waals surface area contributed by atoms with Crippen LogP contribution in [0.25, 0.3) is 0 Å². The molecule has 0 radical (unpaired) electrons. The molecule has 0 saturated carbocycles. The molecule has 5 heteroatoms. The SMILES string of the molecule is C/C(=N\OCC(=O)O)c1ccc(N)cc1. The molecule has 0 amide bonds. The number of carbonyl (C=O) groups is 1. The summed E-state index contributed by atoms with van der Waals surface area (Å²) < 4.78 is 0. The smallest absolute Gasteiger partial charge is 0.344 e. The molecule has 0 aliphatic carbocycles. The lowest BCUT2D eigenvalue weighted by molar-refractivity contribution is -0.142. The second kappa shape index (κ2) is 4.99. The van der Waals surface area contributed by atoms with Crippen molar-refractivity contribution in [2.24, 2.45) is 5.16 Å². The molecule has 0 aliphatic heterocycles. The minimum Gasteiger partial charge on any atom is -0.479 e. The van der Waals surface area contributed by atoms with Crippen LogP contribution in [0, 0.1) is 0 Å². The maximum absolute atomic E-state index is 10.2. The Kier molecular flexibility index (Phi) is 3.68. The van der Waals surface area contributed by atoms with E-state index < -0.39 is 12.6 Å². The van der Waals surface area contributed by atoms with Gasteiger partial charge < -0.3 is 15.7 Å². The van der Waals surface area contributed by atoms with Crippen molar-refractivity contribution in [3.63, 3.8) is 0 Å². The summed E-state index contributed by atoms with van der Waals surface area (Å²) in [6.07, 6.45) is 0. The van der Waals surface area contributed by atoms with Gasteiger partial charge in [0.15, 0.2) is 0 Å². The third-order valence-electron chi connectivity index (χ3n) is 1.72. The third-order valence-corrected chi connectivity index (χ3v) is 1.72. The summed E-state index contributed by atoms with van der Waals surface area (Å²) in [5.74, 6) is -1.05. The van der Waals surface area contributed by atoms with Crippen LogP contribution in [-0.4, -0.2) is 23.4 Å². The van der Waals surface area contributed by atoms with Crippen molar-refractivity contribution in [3.05, 3.63) is 29.8 Å². The number of rotatable bonds is 4. The Morgan fingerprint density at radius 2 is 2.07 bits per heavy atom. The minimum atomic E-state index is -1.05. The third kappa shape index (κ3) is 3.68. The van der Waals surface area contributed by atoms with E-state index in [4.69, 9.17) is 10.8 Å². The first-order valence-electron chi connectivity index (χ1n) is 4.34. The van der Waals surface area contributed by atoms with Gasteiger partial charge in [-0.2, -0.15) is 0 Å². The number of anilines is 1. The Bertz CT molecular complexity index is 371. The summed E-state index contributed by atoms with van der Waals surface area (Å²) in [4.78, 5) is 14.7. The van der Waals surface area contributed by atoms with Crippen LogP contribution in [0.15, 0.2) is 29.4 Å². The maximum Gasteiger partial charge on any atom is 0.344 e. The van der Waals surface area contributed by atoms with Crippen LogP contribution >= 0.6 is 0 Å². The van der Waals surface area contributed by atoms with Crippen molar-refractivity contribution >= 4 is 17.4 Å². The number of carboxylic acid groups (broad SMARTS) is 1. The van der Waals surface area contributed by atoms with E-state index >= 15 is 0 Å². The molecule has 0 aromatic heterocycles. The number of nitrogens with zero attached hydrogens (tertiary/aromatic N) is 1. The van der Waals surface area contributed by atoms with Crippen molar-refractivity contribution in [2.75, 3.05) is 12.3 Å². The molecule has 0 fully saturated rings. The van der Waals surface area contributed by atoms with E-state index in [0.717, 1.165) is 5.56 Å². The van der Waals surface area contributed by atoms with Crippen molar-refractivity contribution in [1.82, 2.24) is 0 Å². The molecule has 0 saturated heterocycles. The fourth-order valence-electron chi connectivity index (χ4n) is 0.961. The highest BCUT2D eigenvalue weighted by Gasteiger charge is 1.99. The van der Waals surface area contributed by atoms with E-state index in [-0.39, 0.29) is 0 Å². The Hall–Kier alpha value is -2.04. The van der Waals surface area contributed by atoms with Gasteiger partial charge in [0.05, 0.1) is 5.71 Å². The average molecular weight is 208 g/mol. The van der Waals surface area contributed by atoms with E-state index in [0.29, 0.717) is 11.4 Å². The van der Waals surface area contributed by atoms with Crippen molar-refractivity contribution in [1.29, 1.82) is 0 Å². The molecule has 0 unspecified atom stereocenters. The van der Waals surface area contributed by atoms with E-state index in [1.807, 2.05) is 0 Å². The Labute approximate surface area is 87.1 Å². The van der Waals surface area contributed by atoms with E-state index in [1.165, 1.54) is 0 Å². The van der Waals surface area contributed by atoms with Gasteiger partial charge in [0.1, 0.15) is 0 Å². The molecule has 1 aromatic rings. The molecule has 0 bridgehead atoms. The molecule has 1 rings (SSSR count). The van der Waals surface area contributed by atoms with Gasteiger partial charge in [-0.15, -0.1) is 0 Å². The fourth-order valence-corrected chi connectivity index (χ4v) is 0.961. The molecule has 5 nitrogen and oxygen atoms in total. The Morgan fingerprint density at radius 1 is 1.47 bits per heavy atom. The van der Waals surface area contributed by atoms with Crippen molar-refractivity contribution in [3.8, 4) is 0 Å². The summed E-state index contributed by atoms with van der Waals surface area (Å²) in [5.41, 5.74) is 7.63. The molecule has 0 aliphatic rings. The first-order chi connectivity index (χ1) is 7.09. The van der Waals surface area contributed by atoms with Gasteiger partial charge in [-0.05, 0) is 24.6 Å². The first-order valence-corrected chi connectivity index (χ1v) is 4.34. The highest BCUT2D eigenvalue weighted by Crippen LogP contribution is 2.06. The number of oxime groups is 1. The second-order valence-electron chi connectivity index (χ2n) is 2.97. The van der Waals surface area contributed by atoms with Crippen LogP contribution < -0.4 is 5.73 Å². The summed E-state index contributed by atoms with van der Waals surface area (Å²) in [5, 5.41) is 12.0. The quantitative estimate of drug-likeness (QED) is 0.440. The molecule has 1 aromatic carbocycles. The lowest BCUT2D eigenvalue weighted by atomic mass is 10.1. The standard InChI is InChI=1S/C10H12N2O3/c1-7(12-15-6-10(13)14)8-2-4-9(11)5-3-8/h2-5H,6,11H2,1H3,(H,13,14)/b12-7+. The van der Waals surface area contributed by atoms with Gasteiger partial charge in [-0.25, -0.2) is 4.79 Å². The molecule has 80 valence electrons. The van der Waals surface area contributed by atoms with Crippen LogP contribution in [0.3, 0.4) is 0 Å². The summed E-state index contributed by atoms with van der Waals surface area (Å²) in [6, 6.07) is 7.06. The first kappa shape index (κ1) is 11.0. The van der Waals surface area contributed by atoms with Gasteiger partial charge in [0.2, 0.25) is 6.61 Å². The van der Waals surface area contributed by atoms with E-state index in [1.54, 1.807) is 31.2 Å². The predicted molar refractivity (Wildman–Crippen MR) is 56.7 cm³/mol. The number of aliphatic carboxylic acids is 1. The number of hydrogen-bond donors (Lipinski definition) is 2. The van der Waals surface area contributed by atoms with Gasteiger partial charge in [-0.3, -0.25) is 0 Å². The van der Waals surface area contributed by atoms with Crippen LogP contribution in [0.5, 0.6) is 0 Å².